The van der Waals surface area contributed by atoms with Crippen molar-refractivity contribution in [1.29, 1.82) is 0 Å². The van der Waals surface area contributed by atoms with Crippen LogP contribution in [0.25, 0.3) is 0 Å². The lowest BCUT2D eigenvalue weighted by Gasteiger charge is -2.13. The molecule has 2 N–H and O–H groups in total. The predicted octanol–water partition coefficient (Wildman–Crippen LogP) is 2.64. The average Bonchev–Trinajstić information content (AvgIpc) is 3.35. The van der Waals surface area contributed by atoms with E-state index in [1.807, 2.05) is 12.1 Å². The molecular weight excluding hydrogens is 354 g/mol. The van der Waals surface area contributed by atoms with E-state index in [0.29, 0.717) is 17.5 Å². The number of nitrogens with zero attached hydrogens (tertiary/aromatic N) is 1. The standard InChI is InChI=1S/C18H19N3O4S/c1-19-26(24,25)12-7-9-15(16(10-12)21(22)23)20-18-14-8-6-11-4-2-3-5-13(11)17(14)18/h2-5,7,9-10,14,17-20H,6,8H2,1H3. The van der Waals surface area contributed by atoms with Gasteiger partial charge in [-0.25, -0.2) is 13.1 Å². The van der Waals surface area contributed by atoms with E-state index in [-0.39, 0.29) is 16.6 Å². The van der Waals surface area contributed by atoms with Gasteiger partial charge in [0.1, 0.15) is 5.69 Å². The van der Waals surface area contributed by atoms with Gasteiger partial charge in [-0.15, -0.1) is 0 Å². The Morgan fingerprint density at radius 2 is 1.96 bits per heavy atom. The number of fused-ring (bicyclic) bond motifs is 3. The molecule has 8 heteroatoms. The fourth-order valence-electron chi connectivity index (χ4n) is 4.01. The number of hydrogen-bond donors (Lipinski definition) is 2. The summed E-state index contributed by atoms with van der Waals surface area (Å²) in [7, 11) is -2.45. The van der Waals surface area contributed by atoms with Crippen molar-refractivity contribution in [3.05, 3.63) is 63.7 Å². The van der Waals surface area contributed by atoms with Crippen molar-refractivity contribution in [3.8, 4) is 0 Å². The molecule has 1 saturated carbocycles. The number of rotatable bonds is 5. The van der Waals surface area contributed by atoms with Gasteiger partial charge in [-0.1, -0.05) is 24.3 Å². The maximum absolute atomic E-state index is 11.9. The fourth-order valence-corrected chi connectivity index (χ4v) is 4.76. The van der Waals surface area contributed by atoms with E-state index in [4.69, 9.17) is 0 Å². The van der Waals surface area contributed by atoms with Crippen molar-refractivity contribution in [3.63, 3.8) is 0 Å². The quantitative estimate of drug-likeness (QED) is 0.620. The van der Waals surface area contributed by atoms with Gasteiger partial charge < -0.3 is 5.32 Å². The van der Waals surface area contributed by atoms with Crippen LogP contribution in [0.3, 0.4) is 0 Å². The largest absolute Gasteiger partial charge is 0.376 e. The lowest BCUT2D eigenvalue weighted by Crippen LogP contribution is -2.19. The molecule has 0 amide bonds. The van der Waals surface area contributed by atoms with Gasteiger partial charge in [0.25, 0.3) is 5.69 Å². The Labute approximate surface area is 151 Å². The van der Waals surface area contributed by atoms with Crippen LogP contribution in [0.15, 0.2) is 47.4 Å². The second-order valence-corrected chi connectivity index (χ2v) is 8.63. The van der Waals surface area contributed by atoms with Crippen LogP contribution in [0.1, 0.15) is 23.5 Å². The van der Waals surface area contributed by atoms with Gasteiger partial charge in [0.15, 0.2) is 0 Å². The summed E-state index contributed by atoms with van der Waals surface area (Å²) in [6, 6.07) is 12.5. The van der Waals surface area contributed by atoms with E-state index in [1.165, 1.54) is 30.3 Å². The zero-order chi connectivity index (χ0) is 18.5. The van der Waals surface area contributed by atoms with Gasteiger partial charge >= 0.3 is 0 Å². The summed E-state index contributed by atoms with van der Waals surface area (Å²) in [4.78, 5) is 10.8. The van der Waals surface area contributed by atoms with Crippen LogP contribution in [0.4, 0.5) is 11.4 Å². The third kappa shape index (κ3) is 2.75. The highest BCUT2D eigenvalue weighted by atomic mass is 32.2. The number of aryl methyl sites for hydroxylation is 1. The van der Waals surface area contributed by atoms with Gasteiger partial charge in [0.05, 0.1) is 9.82 Å². The van der Waals surface area contributed by atoms with E-state index in [0.717, 1.165) is 18.9 Å². The maximum Gasteiger partial charge on any atom is 0.293 e. The van der Waals surface area contributed by atoms with E-state index in [9.17, 15) is 18.5 Å². The van der Waals surface area contributed by atoms with Crippen LogP contribution in [-0.4, -0.2) is 26.4 Å². The number of sulfonamides is 1. The number of nitro benzene ring substituents is 1. The highest BCUT2D eigenvalue weighted by molar-refractivity contribution is 7.89. The Balaban J connectivity index is 1.63. The van der Waals surface area contributed by atoms with Gasteiger partial charge in [0, 0.05) is 18.0 Å². The highest BCUT2D eigenvalue weighted by Gasteiger charge is 2.53. The summed E-state index contributed by atoms with van der Waals surface area (Å²) < 4.78 is 26.0. The zero-order valence-corrected chi connectivity index (χ0v) is 15.0. The molecule has 2 aromatic rings. The molecule has 2 aliphatic rings. The summed E-state index contributed by atoms with van der Waals surface area (Å²) in [5, 5.41) is 14.7. The Morgan fingerprint density at radius 1 is 1.19 bits per heavy atom. The molecule has 4 rings (SSSR count). The second kappa shape index (κ2) is 6.07. The van der Waals surface area contributed by atoms with Crippen LogP contribution >= 0.6 is 0 Å². The molecule has 0 radical (unpaired) electrons. The molecule has 2 aliphatic carbocycles. The number of nitro groups is 1. The molecule has 2 aromatic carbocycles. The topological polar surface area (TPSA) is 101 Å². The smallest absolute Gasteiger partial charge is 0.293 e. The monoisotopic (exact) mass is 373 g/mol. The summed E-state index contributed by atoms with van der Waals surface area (Å²) >= 11 is 0. The summed E-state index contributed by atoms with van der Waals surface area (Å²) in [6.07, 6.45) is 2.08. The highest BCUT2D eigenvalue weighted by Crippen LogP contribution is 2.56. The Hall–Kier alpha value is -2.45. The Kier molecular flexibility index (Phi) is 3.96. The predicted molar refractivity (Wildman–Crippen MR) is 97.7 cm³/mol. The molecule has 0 saturated heterocycles. The first-order valence-corrected chi connectivity index (χ1v) is 9.97. The Morgan fingerprint density at radius 3 is 2.69 bits per heavy atom. The molecule has 0 bridgehead atoms. The summed E-state index contributed by atoms with van der Waals surface area (Å²) in [6.45, 7) is 0. The van der Waals surface area contributed by atoms with Crippen molar-refractivity contribution < 1.29 is 13.3 Å². The zero-order valence-electron chi connectivity index (χ0n) is 14.2. The molecule has 1 fully saturated rings. The summed E-state index contributed by atoms with van der Waals surface area (Å²) in [5.74, 6) is 0.825. The molecule has 3 unspecified atom stereocenters. The molecule has 0 spiro atoms. The molecule has 0 heterocycles. The first-order valence-electron chi connectivity index (χ1n) is 8.48. The first-order chi connectivity index (χ1) is 12.4. The SMILES string of the molecule is CNS(=O)(=O)c1ccc(NC2C3CCc4ccccc4C32)c([N+](=O)[O-])c1. The molecule has 136 valence electrons. The number of benzene rings is 2. The number of hydrogen-bond acceptors (Lipinski definition) is 5. The average molecular weight is 373 g/mol. The van der Waals surface area contributed by atoms with Gasteiger partial charge in [-0.05, 0) is 49.1 Å². The number of nitrogens with one attached hydrogen (secondary N) is 2. The minimum Gasteiger partial charge on any atom is -0.376 e. The van der Waals surface area contributed by atoms with Crippen LogP contribution in [0.2, 0.25) is 0 Å². The van der Waals surface area contributed by atoms with E-state index >= 15 is 0 Å². The molecule has 3 atom stereocenters. The van der Waals surface area contributed by atoms with Crippen molar-refractivity contribution in [1.82, 2.24) is 4.72 Å². The molecule has 0 aromatic heterocycles. The molecule has 0 aliphatic heterocycles. The van der Waals surface area contributed by atoms with Crippen LogP contribution in [-0.2, 0) is 16.4 Å². The second-order valence-electron chi connectivity index (χ2n) is 6.74. The molecule has 7 nitrogen and oxygen atoms in total. The van der Waals surface area contributed by atoms with Crippen molar-refractivity contribution in [2.45, 2.75) is 29.7 Å². The van der Waals surface area contributed by atoms with E-state index in [2.05, 4.69) is 22.2 Å². The maximum atomic E-state index is 11.9. The first kappa shape index (κ1) is 17.0. The van der Waals surface area contributed by atoms with Crippen LogP contribution in [0, 0.1) is 16.0 Å². The minimum absolute atomic E-state index is 0.115. The normalized spacial score (nSPS) is 23.7. The summed E-state index contributed by atoms with van der Waals surface area (Å²) in [5.41, 5.74) is 2.81. The number of anilines is 1. The van der Waals surface area contributed by atoms with Gasteiger partial charge in [-0.3, -0.25) is 10.1 Å². The third-order valence-electron chi connectivity index (χ3n) is 5.40. The van der Waals surface area contributed by atoms with Crippen molar-refractivity contribution >= 4 is 21.4 Å². The molecular formula is C18H19N3O4S. The van der Waals surface area contributed by atoms with Gasteiger partial charge in [0.2, 0.25) is 10.0 Å². The van der Waals surface area contributed by atoms with Crippen LogP contribution in [0.5, 0.6) is 0 Å². The lowest BCUT2D eigenvalue weighted by molar-refractivity contribution is -0.384. The van der Waals surface area contributed by atoms with Crippen LogP contribution < -0.4 is 10.0 Å². The Bertz CT molecular complexity index is 990. The van der Waals surface area contributed by atoms with Gasteiger partial charge in [-0.2, -0.15) is 0 Å². The fraction of sp³-hybridized carbons (Fsp3) is 0.333. The third-order valence-corrected chi connectivity index (χ3v) is 6.81. The van der Waals surface area contributed by atoms with Crippen molar-refractivity contribution in [2.24, 2.45) is 5.92 Å². The van der Waals surface area contributed by atoms with E-state index < -0.39 is 14.9 Å². The minimum atomic E-state index is -3.73. The molecule has 26 heavy (non-hydrogen) atoms. The van der Waals surface area contributed by atoms with Crippen molar-refractivity contribution in [2.75, 3.05) is 12.4 Å². The van der Waals surface area contributed by atoms with E-state index in [1.54, 1.807) is 0 Å². The lowest BCUT2D eigenvalue weighted by atomic mass is 9.92.